The highest BCUT2D eigenvalue weighted by molar-refractivity contribution is 5.99. The van der Waals surface area contributed by atoms with Gasteiger partial charge in [-0.2, -0.15) is 5.10 Å². The highest BCUT2D eigenvalue weighted by Gasteiger charge is 2.50. The summed E-state index contributed by atoms with van der Waals surface area (Å²) in [6.45, 7) is 5.31. The van der Waals surface area contributed by atoms with Gasteiger partial charge in [-0.15, -0.1) is 0 Å². The zero-order valence-electron chi connectivity index (χ0n) is 12.4. The molecule has 0 fully saturated rings. The van der Waals surface area contributed by atoms with Crippen molar-refractivity contribution >= 4 is 11.9 Å². The molecule has 1 unspecified atom stereocenters. The van der Waals surface area contributed by atoms with Crippen LogP contribution in [0.3, 0.4) is 0 Å². The molecule has 1 N–H and O–H groups in total. The first kappa shape index (κ1) is 16.2. The lowest BCUT2D eigenvalue weighted by Crippen LogP contribution is -2.45. The first-order valence-electron chi connectivity index (χ1n) is 6.73. The molecule has 0 aliphatic heterocycles. The molecule has 0 aromatic carbocycles. The van der Waals surface area contributed by atoms with E-state index in [4.69, 9.17) is 4.74 Å². The SMILES string of the molecule is CCOC(=O)C(CCc1ccnn1C)(C(=O)O)C(C)C. The summed E-state index contributed by atoms with van der Waals surface area (Å²) in [6.07, 6.45) is 2.30. The Morgan fingerprint density at radius 2 is 2.15 bits per heavy atom. The van der Waals surface area contributed by atoms with Gasteiger partial charge in [0, 0.05) is 18.9 Å². The van der Waals surface area contributed by atoms with Crippen molar-refractivity contribution in [3.63, 3.8) is 0 Å². The van der Waals surface area contributed by atoms with Gasteiger partial charge in [0.25, 0.3) is 0 Å². The number of aromatic nitrogens is 2. The van der Waals surface area contributed by atoms with Crippen LogP contribution in [-0.2, 0) is 27.8 Å². The van der Waals surface area contributed by atoms with E-state index >= 15 is 0 Å². The molecule has 0 bridgehead atoms. The van der Waals surface area contributed by atoms with Gasteiger partial charge in [0.1, 0.15) is 0 Å². The number of carbonyl (C=O) groups excluding carboxylic acids is 1. The quantitative estimate of drug-likeness (QED) is 0.607. The van der Waals surface area contributed by atoms with Crippen LogP contribution in [0, 0.1) is 11.3 Å². The molecule has 1 heterocycles. The van der Waals surface area contributed by atoms with Crippen LogP contribution in [0.5, 0.6) is 0 Å². The second-order valence-corrected chi connectivity index (χ2v) is 5.10. The van der Waals surface area contributed by atoms with Crippen LogP contribution in [-0.4, -0.2) is 33.4 Å². The number of aliphatic carboxylic acids is 1. The Kier molecular flexibility index (Phi) is 5.30. The second-order valence-electron chi connectivity index (χ2n) is 5.10. The Hall–Kier alpha value is -1.85. The number of carboxylic acids is 1. The van der Waals surface area contributed by atoms with Gasteiger partial charge in [0.15, 0.2) is 5.41 Å². The molecule has 0 amide bonds. The molecule has 1 aromatic rings. The monoisotopic (exact) mass is 282 g/mol. The van der Waals surface area contributed by atoms with Gasteiger partial charge in [-0.1, -0.05) is 13.8 Å². The minimum Gasteiger partial charge on any atom is -0.480 e. The maximum absolute atomic E-state index is 12.2. The number of nitrogens with zero attached hydrogens (tertiary/aromatic N) is 2. The molecule has 0 spiro atoms. The van der Waals surface area contributed by atoms with E-state index in [1.165, 1.54) is 0 Å². The molecule has 6 heteroatoms. The van der Waals surface area contributed by atoms with Crippen LogP contribution in [0.25, 0.3) is 0 Å². The van der Waals surface area contributed by atoms with Crippen molar-refractivity contribution in [2.24, 2.45) is 18.4 Å². The van der Waals surface area contributed by atoms with Gasteiger partial charge in [0.2, 0.25) is 0 Å². The van der Waals surface area contributed by atoms with Crippen LogP contribution in [0.2, 0.25) is 0 Å². The van der Waals surface area contributed by atoms with Gasteiger partial charge in [-0.25, -0.2) is 0 Å². The van der Waals surface area contributed by atoms with Crippen molar-refractivity contribution in [1.29, 1.82) is 0 Å². The lowest BCUT2D eigenvalue weighted by Gasteiger charge is -2.30. The normalized spacial score (nSPS) is 14.1. The van der Waals surface area contributed by atoms with Crippen molar-refractivity contribution in [1.82, 2.24) is 9.78 Å². The lowest BCUT2D eigenvalue weighted by atomic mass is 9.73. The summed E-state index contributed by atoms with van der Waals surface area (Å²) in [5.41, 5.74) is -0.624. The fourth-order valence-electron chi connectivity index (χ4n) is 2.30. The van der Waals surface area contributed by atoms with Crippen molar-refractivity contribution in [2.45, 2.75) is 33.6 Å². The Labute approximate surface area is 118 Å². The number of hydrogen-bond acceptors (Lipinski definition) is 4. The van der Waals surface area contributed by atoms with E-state index in [1.54, 1.807) is 38.7 Å². The van der Waals surface area contributed by atoms with Gasteiger partial charge in [-0.05, 0) is 31.7 Å². The predicted molar refractivity (Wildman–Crippen MR) is 73.1 cm³/mol. The standard InChI is InChI=1S/C14H22N2O4/c1-5-20-13(19)14(10(2)3,12(17)18)8-6-11-7-9-15-16(11)4/h7,9-10H,5-6,8H2,1-4H3,(H,17,18). The Morgan fingerprint density at radius 3 is 2.55 bits per heavy atom. The Morgan fingerprint density at radius 1 is 1.50 bits per heavy atom. The molecular formula is C14H22N2O4. The van der Waals surface area contributed by atoms with Crippen LogP contribution < -0.4 is 0 Å². The van der Waals surface area contributed by atoms with Gasteiger partial charge in [0.05, 0.1) is 6.61 Å². The number of hydrogen-bond donors (Lipinski definition) is 1. The van der Waals surface area contributed by atoms with E-state index in [1.807, 2.05) is 6.07 Å². The van der Waals surface area contributed by atoms with Crippen LogP contribution >= 0.6 is 0 Å². The first-order valence-corrected chi connectivity index (χ1v) is 6.73. The molecule has 20 heavy (non-hydrogen) atoms. The van der Waals surface area contributed by atoms with E-state index < -0.39 is 17.4 Å². The molecular weight excluding hydrogens is 260 g/mol. The summed E-state index contributed by atoms with van der Waals surface area (Å²) in [4.78, 5) is 23.9. The highest BCUT2D eigenvalue weighted by Crippen LogP contribution is 2.35. The predicted octanol–water partition coefficient (Wildman–Crippen LogP) is 1.64. The zero-order valence-corrected chi connectivity index (χ0v) is 12.4. The maximum Gasteiger partial charge on any atom is 0.323 e. The smallest absolute Gasteiger partial charge is 0.323 e. The molecule has 0 saturated heterocycles. The number of carboxylic acid groups (broad SMARTS) is 1. The summed E-state index contributed by atoms with van der Waals surface area (Å²) in [5.74, 6) is -2.15. The number of aryl methyl sites for hydroxylation is 2. The summed E-state index contributed by atoms with van der Waals surface area (Å²) < 4.78 is 6.67. The van der Waals surface area contributed by atoms with Crippen LogP contribution in [0.15, 0.2) is 12.3 Å². The molecule has 1 atom stereocenters. The van der Waals surface area contributed by atoms with Crippen molar-refractivity contribution in [3.05, 3.63) is 18.0 Å². The van der Waals surface area contributed by atoms with Crippen molar-refractivity contribution in [2.75, 3.05) is 6.61 Å². The molecule has 0 saturated carbocycles. The van der Waals surface area contributed by atoms with Crippen LogP contribution in [0.1, 0.15) is 32.9 Å². The molecule has 1 rings (SSSR count). The highest BCUT2D eigenvalue weighted by atomic mass is 16.5. The Bertz CT molecular complexity index is 481. The third-order valence-corrected chi connectivity index (χ3v) is 3.70. The third kappa shape index (κ3) is 3.00. The molecule has 1 aromatic heterocycles. The van der Waals surface area contributed by atoms with E-state index in [-0.39, 0.29) is 18.9 Å². The van der Waals surface area contributed by atoms with E-state index in [0.29, 0.717) is 6.42 Å². The average molecular weight is 282 g/mol. The summed E-state index contributed by atoms with van der Waals surface area (Å²) >= 11 is 0. The third-order valence-electron chi connectivity index (χ3n) is 3.70. The van der Waals surface area contributed by atoms with Gasteiger partial charge in [-0.3, -0.25) is 14.3 Å². The van der Waals surface area contributed by atoms with Gasteiger partial charge >= 0.3 is 11.9 Å². The van der Waals surface area contributed by atoms with E-state index in [9.17, 15) is 14.7 Å². The topological polar surface area (TPSA) is 81.4 Å². The minimum atomic E-state index is -1.51. The maximum atomic E-state index is 12.2. The second kappa shape index (κ2) is 6.54. The first-order chi connectivity index (χ1) is 9.36. The molecule has 112 valence electrons. The number of carbonyl (C=O) groups is 2. The number of rotatable bonds is 7. The molecule has 6 nitrogen and oxygen atoms in total. The fraction of sp³-hybridized carbons (Fsp3) is 0.643. The average Bonchev–Trinajstić information content (AvgIpc) is 2.75. The largest absolute Gasteiger partial charge is 0.480 e. The van der Waals surface area contributed by atoms with Gasteiger partial charge < -0.3 is 9.84 Å². The molecule has 0 radical (unpaired) electrons. The lowest BCUT2D eigenvalue weighted by molar-refractivity contribution is -0.173. The summed E-state index contributed by atoms with van der Waals surface area (Å²) in [7, 11) is 1.79. The minimum absolute atomic E-state index is 0.173. The molecule has 0 aliphatic rings. The van der Waals surface area contributed by atoms with Crippen molar-refractivity contribution in [3.8, 4) is 0 Å². The fourth-order valence-corrected chi connectivity index (χ4v) is 2.30. The Balaban J connectivity index is 3.01. The molecule has 0 aliphatic carbocycles. The van der Waals surface area contributed by atoms with Crippen molar-refractivity contribution < 1.29 is 19.4 Å². The number of esters is 1. The van der Waals surface area contributed by atoms with Crippen LogP contribution in [0.4, 0.5) is 0 Å². The zero-order chi connectivity index (χ0) is 15.3. The van der Waals surface area contributed by atoms with E-state index in [0.717, 1.165) is 5.69 Å². The number of ether oxygens (including phenoxy) is 1. The van der Waals surface area contributed by atoms with E-state index in [2.05, 4.69) is 5.10 Å². The summed E-state index contributed by atoms with van der Waals surface area (Å²) in [6, 6.07) is 1.82. The summed E-state index contributed by atoms with van der Waals surface area (Å²) in [5, 5.41) is 13.6.